The fourth-order valence-corrected chi connectivity index (χ4v) is 0.740. The molecule has 3 heteroatoms. The zero-order valence-corrected chi connectivity index (χ0v) is 7.22. The average Bonchev–Trinajstić information content (AvgIpc) is 1.88. The first-order chi connectivity index (χ1) is 5.11. The van der Waals surface area contributed by atoms with Gasteiger partial charge in [-0.15, -0.1) is 0 Å². The molecule has 0 saturated heterocycles. The fourth-order valence-electron chi connectivity index (χ4n) is 0.740. The van der Waals surface area contributed by atoms with Crippen molar-refractivity contribution in [2.45, 2.75) is 19.6 Å². The first kappa shape index (κ1) is 10.3. The molecule has 0 radical (unpaired) electrons. The van der Waals surface area contributed by atoms with Crippen molar-refractivity contribution < 1.29 is 14.3 Å². The number of carbonyl (C=O) groups is 1. The Hall–Kier alpha value is -0.670. The van der Waals surface area contributed by atoms with E-state index in [1.54, 1.807) is 6.92 Å². The first-order valence-electron chi connectivity index (χ1n) is 3.34. The van der Waals surface area contributed by atoms with Crippen molar-refractivity contribution in [3.8, 4) is 0 Å². The Bertz CT molecular complexity index is 147. The highest BCUT2D eigenvalue weighted by molar-refractivity contribution is 5.83. The maximum absolute atomic E-state index is 11.1. The van der Waals surface area contributed by atoms with Crippen molar-refractivity contribution >= 4 is 5.78 Å². The second-order valence-corrected chi connectivity index (χ2v) is 2.40. The Balaban J connectivity index is 3.89. The molecule has 0 unspecified atom stereocenters. The smallest absolute Gasteiger partial charge is 0.217 e. The molecule has 0 aromatic heterocycles. The molecular weight excluding hydrogens is 144 g/mol. The van der Waals surface area contributed by atoms with Crippen molar-refractivity contribution in [2.75, 3.05) is 14.2 Å². The van der Waals surface area contributed by atoms with E-state index in [-0.39, 0.29) is 5.78 Å². The van der Waals surface area contributed by atoms with E-state index in [0.717, 1.165) is 5.57 Å². The summed E-state index contributed by atoms with van der Waals surface area (Å²) in [5, 5.41) is 0. The molecule has 0 aromatic carbocycles. The van der Waals surface area contributed by atoms with Gasteiger partial charge in [-0.25, -0.2) is 0 Å². The van der Waals surface area contributed by atoms with Crippen molar-refractivity contribution in [1.82, 2.24) is 0 Å². The highest BCUT2D eigenvalue weighted by Gasteiger charge is 2.15. The predicted octanol–water partition coefficient (Wildman–Crippen LogP) is 1.14. The lowest BCUT2D eigenvalue weighted by atomic mass is 10.2. The monoisotopic (exact) mass is 158 g/mol. The van der Waals surface area contributed by atoms with E-state index in [2.05, 4.69) is 6.58 Å². The molecule has 0 fully saturated rings. The van der Waals surface area contributed by atoms with Crippen LogP contribution in [0.2, 0.25) is 0 Å². The predicted molar refractivity (Wildman–Crippen MR) is 42.2 cm³/mol. The summed E-state index contributed by atoms with van der Waals surface area (Å²) in [6, 6.07) is 0. The zero-order chi connectivity index (χ0) is 8.85. The summed E-state index contributed by atoms with van der Waals surface area (Å²) in [4.78, 5) is 11.1. The highest BCUT2D eigenvalue weighted by atomic mass is 16.7. The number of hydrogen-bond acceptors (Lipinski definition) is 3. The quantitative estimate of drug-likeness (QED) is 0.444. The minimum Gasteiger partial charge on any atom is -0.349 e. The molecule has 0 amide bonds. The van der Waals surface area contributed by atoms with Crippen LogP contribution in [0.15, 0.2) is 12.2 Å². The van der Waals surface area contributed by atoms with E-state index < -0.39 is 6.29 Å². The minimum absolute atomic E-state index is 0.0949. The third-order valence-electron chi connectivity index (χ3n) is 1.17. The van der Waals surface area contributed by atoms with Gasteiger partial charge in [0.1, 0.15) is 0 Å². The Labute approximate surface area is 67.0 Å². The Morgan fingerprint density at radius 2 is 1.91 bits per heavy atom. The molecule has 0 aliphatic carbocycles. The van der Waals surface area contributed by atoms with Gasteiger partial charge in [-0.3, -0.25) is 4.79 Å². The maximum atomic E-state index is 11.1. The van der Waals surface area contributed by atoms with Crippen LogP contribution in [0.1, 0.15) is 13.3 Å². The molecule has 0 N–H and O–H groups in total. The van der Waals surface area contributed by atoms with Gasteiger partial charge in [0.05, 0.1) is 0 Å². The fraction of sp³-hybridized carbons (Fsp3) is 0.625. The topological polar surface area (TPSA) is 35.5 Å². The standard InChI is InChI=1S/C8H14O3/c1-6(2)5-7(9)8(10-3)11-4/h8H,1,5H2,2-4H3. The molecule has 11 heavy (non-hydrogen) atoms. The summed E-state index contributed by atoms with van der Waals surface area (Å²) in [6.45, 7) is 5.41. The Morgan fingerprint density at radius 3 is 2.18 bits per heavy atom. The van der Waals surface area contributed by atoms with E-state index in [4.69, 9.17) is 9.47 Å². The van der Waals surface area contributed by atoms with E-state index in [9.17, 15) is 4.79 Å². The number of carbonyl (C=O) groups excluding carboxylic acids is 1. The lowest BCUT2D eigenvalue weighted by Gasteiger charge is -2.11. The average molecular weight is 158 g/mol. The van der Waals surface area contributed by atoms with Crippen LogP contribution in [-0.2, 0) is 14.3 Å². The molecule has 0 aliphatic heterocycles. The molecule has 3 nitrogen and oxygen atoms in total. The van der Waals surface area contributed by atoms with Crippen LogP contribution in [0.25, 0.3) is 0 Å². The molecule has 0 aromatic rings. The van der Waals surface area contributed by atoms with Crippen molar-refractivity contribution in [2.24, 2.45) is 0 Å². The molecule has 0 rings (SSSR count). The maximum Gasteiger partial charge on any atom is 0.217 e. The third kappa shape index (κ3) is 3.91. The zero-order valence-electron chi connectivity index (χ0n) is 7.22. The highest BCUT2D eigenvalue weighted by Crippen LogP contribution is 2.03. The van der Waals surface area contributed by atoms with Crippen LogP contribution in [-0.4, -0.2) is 26.3 Å². The number of rotatable bonds is 5. The summed E-state index contributed by atoms with van der Waals surface area (Å²) in [6.07, 6.45) is -0.432. The van der Waals surface area contributed by atoms with E-state index in [0.29, 0.717) is 6.42 Å². The van der Waals surface area contributed by atoms with Gasteiger partial charge in [0.2, 0.25) is 6.29 Å². The molecule has 64 valence electrons. The molecule has 0 heterocycles. The van der Waals surface area contributed by atoms with Crippen LogP contribution in [0.4, 0.5) is 0 Å². The molecule has 0 bridgehead atoms. The molecule has 0 spiro atoms. The number of allylic oxidation sites excluding steroid dienone is 1. The number of ether oxygens (including phenoxy) is 2. The van der Waals surface area contributed by atoms with Crippen LogP contribution < -0.4 is 0 Å². The SMILES string of the molecule is C=C(C)CC(=O)C(OC)OC. The normalized spacial score (nSPS) is 10.2. The van der Waals surface area contributed by atoms with Gasteiger partial charge >= 0.3 is 0 Å². The van der Waals surface area contributed by atoms with Crippen LogP contribution >= 0.6 is 0 Å². The summed E-state index contributed by atoms with van der Waals surface area (Å²) in [7, 11) is 2.87. The third-order valence-corrected chi connectivity index (χ3v) is 1.17. The van der Waals surface area contributed by atoms with Crippen molar-refractivity contribution in [1.29, 1.82) is 0 Å². The lowest BCUT2D eigenvalue weighted by molar-refractivity contribution is -0.155. The second-order valence-electron chi connectivity index (χ2n) is 2.40. The molecule has 0 aliphatic rings. The van der Waals surface area contributed by atoms with Crippen LogP contribution in [0, 0.1) is 0 Å². The van der Waals surface area contributed by atoms with Gasteiger partial charge in [-0.2, -0.15) is 0 Å². The number of ketones is 1. The number of methoxy groups -OCH3 is 2. The summed E-state index contributed by atoms with van der Waals surface area (Å²) >= 11 is 0. The van der Waals surface area contributed by atoms with Gasteiger partial charge in [0.15, 0.2) is 5.78 Å². The summed E-state index contributed by atoms with van der Waals surface area (Å²) in [5.74, 6) is -0.0949. The van der Waals surface area contributed by atoms with Crippen LogP contribution in [0.5, 0.6) is 0 Å². The number of hydrogen-bond donors (Lipinski definition) is 0. The van der Waals surface area contributed by atoms with E-state index >= 15 is 0 Å². The van der Waals surface area contributed by atoms with Gasteiger partial charge in [-0.05, 0) is 6.92 Å². The number of Topliss-reactive ketones (excluding diaryl/α,β-unsaturated/α-hetero) is 1. The van der Waals surface area contributed by atoms with Crippen molar-refractivity contribution in [3.63, 3.8) is 0 Å². The van der Waals surface area contributed by atoms with Gasteiger partial charge in [-0.1, -0.05) is 12.2 Å². The Morgan fingerprint density at radius 1 is 1.45 bits per heavy atom. The molecule has 0 saturated carbocycles. The van der Waals surface area contributed by atoms with Gasteiger partial charge in [0.25, 0.3) is 0 Å². The van der Waals surface area contributed by atoms with Gasteiger partial charge in [0, 0.05) is 20.6 Å². The lowest BCUT2D eigenvalue weighted by Crippen LogP contribution is -2.24. The first-order valence-corrected chi connectivity index (χ1v) is 3.34. The van der Waals surface area contributed by atoms with E-state index in [1.165, 1.54) is 14.2 Å². The van der Waals surface area contributed by atoms with Gasteiger partial charge < -0.3 is 9.47 Å². The van der Waals surface area contributed by atoms with Crippen LogP contribution in [0.3, 0.4) is 0 Å². The second kappa shape index (κ2) is 5.04. The molecule has 0 atom stereocenters. The summed E-state index contributed by atoms with van der Waals surface area (Å²) in [5.41, 5.74) is 0.814. The minimum atomic E-state index is -0.744. The summed E-state index contributed by atoms with van der Waals surface area (Å²) < 4.78 is 9.50. The Kier molecular flexibility index (Phi) is 4.74. The van der Waals surface area contributed by atoms with E-state index in [1.807, 2.05) is 0 Å². The van der Waals surface area contributed by atoms with Crippen molar-refractivity contribution in [3.05, 3.63) is 12.2 Å². The largest absolute Gasteiger partial charge is 0.349 e. The molecular formula is C8H14O3.